The molecule has 3 atom stereocenters. The van der Waals surface area contributed by atoms with E-state index in [4.69, 9.17) is 32.7 Å². The topological polar surface area (TPSA) is 107 Å². The number of ketones is 1. The van der Waals surface area contributed by atoms with Crippen molar-refractivity contribution >= 4 is 58.4 Å². The van der Waals surface area contributed by atoms with Gasteiger partial charge < -0.3 is 9.47 Å². The Kier molecular flexibility index (Phi) is 9.01. The number of hydrogen-bond donors (Lipinski definition) is 0. The zero-order chi connectivity index (χ0) is 32.4. The smallest absolute Gasteiger partial charge is 0.345 e. The van der Waals surface area contributed by atoms with E-state index in [1.807, 2.05) is 18.2 Å². The highest BCUT2D eigenvalue weighted by atomic mass is 35.5. The first-order valence-corrected chi connectivity index (χ1v) is 15.5. The second-order valence-electron chi connectivity index (χ2n) is 11.2. The van der Waals surface area contributed by atoms with Crippen molar-refractivity contribution in [1.29, 1.82) is 0 Å². The van der Waals surface area contributed by atoms with Crippen LogP contribution in [-0.2, 0) is 14.3 Å². The molecule has 2 amide bonds. The molecule has 0 aromatic heterocycles. The van der Waals surface area contributed by atoms with Gasteiger partial charge in [-0.05, 0) is 91.4 Å². The number of carbonyl (C=O) groups is 5. The van der Waals surface area contributed by atoms with Crippen molar-refractivity contribution in [1.82, 2.24) is 0 Å². The van der Waals surface area contributed by atoms with Crippen molar-refractivity contribution in [2.45, 2.75) is 25.2 Å². The number of amides is 2. The maximum atomic E-state index is 13.5. The standard InChI is InChI=1S/C36H27Cl2NO7/c37-25-12-16-29(31(38)19-25)36(44)46-27-13-9-22(10-14-27)32(40)20-45-35(43)24-7-4-8-26(17-24)39-33(41)28-15-11-23(18-30(28)34(39)42)21-5-2-1-3-6-21/h1-10,12-14,16-17,19,23,28,30H,11,15,18,20H2. The lowest BCUT2D eigenvalue weighted by atomic mass is 9.73. The highest BCUT2D eigenvalue weighted by Crippen LogP contribution is 2.45. The molecule has 1 saturated heterocycles. The summed E-state index contributed by atoms with van der Waals surface area (Å²) < 4.78 is 10.6. The van der Waals surface area contributed by atoms with E-state index in [0.29, 0.717) is 23.6 Å². The average Bonchev–Trinajstić information content (AvgIpc) is 3.32. The van der Waals surface area contributed by atoms with Gasteiger partial charge in [0.2, 0.25) is 11.8 Å². The molecule has 8 nitrogen and oxygen atoms in total. The summed E-state index contributed by atoms with van der Waals surface area (Å²) in [6.45, 7) is -0.546. The summed E-state index contributed by atoms with van der Waals surface area (Å²) in [4.78, 5) is 66.0. The molecule has 10 heteroatoms. The monoisotopic (exact) mass is 655 g/mol. The van der Waals surface area contributed by atoms with Crippen LogP contribution in [0.25, 0.3) is 0 Å². The second kappa shape index (κ2) is 13.3. The van der Waals surface area contributed by atoms with Gasteiger partial charge in [0, 0.05) is 10.6 Å². The lowest BCUT2D eigenvalue weighted by Gasteiger charge is -2.28. The number of ether oxygens (including phenoxy) is 2. The van der Waals surface area contributed by atoms with Gasteiger partial charge in [-0.25, -0.2) is 9.59 Å². The first kappa shape index (κ1) is 31.2. The van der Waals surface area contributed by atoms with Gasteiger partial charge >= 0.3 is 11.9 Å². The van der Waals surface area contributed by atoms with Crippen LogP contribution in [0.4, 0.5) is 5.69 Å². The third kappa shape index (κ3) is 6.45. The molecular weight excluding hydrogens is 629 g/mol. The summed E-state index contributed by atoms with van der Waals surface area (Å²) in [7, 11) is 0. The lowest BCUT2D eigenvalue weighted by molar-refractivity contribution is -0.122. The number of fused-ring (bicyclic) bond motifs is 1. The largest absolute Gasteiger partial charge is 0.454 e. The van der Waals surface area contributed by atoms with E-state index in [1.54, 1.807) is 12.1 Å². The SMILES string of the molecule is O=C(COC(=O)c1cccc(N2C(=O)C3CCC(c4ccccc4)CC3C2=O)c1)c1ccc(OC(=O)c2ccc(Cl)cc2Cl)cc1. The Hall–Kier alpha value is -4.79. The molecule has 4 aromatic rings. The molecule has 1 aliphatic heterocycles. The minimum absolute atomic E-state index is 0.103. The Morgan fingerprint density at radius 3 is 2.22 bits per heavy atom. The minimum atomic E-state index is -0.777. The summed E-state index contributed by atoms with van der Waals surface area (Å²) in [6.07, 6.45) is 2.04. The van der Waals surface area contributed by atoms with Crippen molar-refractivity contribution < 1.29 is 33.4 Å². The number of imide groups is 1. The molecule has 4 aromatic carbocycles. The molecule has 1 aliphatic carbocycles. The van der Waals surface area contributed by atoms with Crippen LogP contribution >= 0.6 is 23.2 Å². The quantitative estimate of drug-likeness (QED) is 0.0847. The van der Waals surface area contributed by atoms with Crippen molar-refractivity contribution in [2.24, 2.45) is 11.8 Å². The van der Waals surface area contributed by atoms with Crippen molar-refractivity contribution in [3.63, 3.8) is 0 Å². The van der Waals surface area contributed by atoms with Gasteiger partial charge in [0.05, 0.1) is 33.7 Å². The predicted molar refractivity (Wildman–Crippen MR) is 171 cm³/mol. The summed E-state index contributed by atoms with van der Waals surface area (Å²) >= 11 is 11.9. The molecule has 0 spiro atoms. The number of hydrogen-bond acceptors (Lipinski definition) is 7. The molecule has 0 N–H and O–H groups in total. The molecule has 232 valence electrons. The number of benzene rings is 4. The highest BCUT2D eigenvalue weighted by Gasteiger charge is 2.50. The highest BCUT2D eigenvalue weighted by molar-refractivity contribution is 6.36. The Morgan fingerprint density at radius 1 is 0.739 bits per heavy atom. The number of Topliss-reactive ketones (excluding diaryl/α,β-unsaturated/α-hetero) is 1. The maximum absolute atomic E-state index is 13.5. The number of halogens is 2. The Labute approximate surface area is 274 Å². The number of rotatable bonds is 8. The van der Waals surface area contributed by atoms with E-state index in [9.17, 15) is 24.0 Å². The van der Waals surface area contributed by atoms with Gasteiger partial charge in [-0.1, -0.05) is 59.6 Å². The lowest BCUT2D eigenvalue weighted by Crippen LogP contribution is -2.31. The van der Waals surface area contributed by atoms with Crippen LogP contribution in [0.15, 0.2) is 97.1 Å². The van der Waals surface area contributed by atoms with Crippen LogP contribution in [0.5, 0.6) is 5.75 Å². The van der Waals surface area contributed by atoms with Crippen molar-refractivity contribution in [3.05, 3.63) is 129 Å². The van der Waals surface area contributed by atoms with E-state index in [2.05, 4.69) is 12.1 Å². The van der Waals surface area contributed by atoms with Gasteiger partial charge in [-0.3, -0.25) is 19.3 Å². The molecule has 2 aliphatic rings. The third-order valence-electron chi connectivity index (χ3n) is 8.41. The minimum Gasteiger partial charge on any atom is -0.454 e. The zero-order valence-corrected chi connectivity index (χ0v) is 25.9. The number of carbonyl (C=O) groups excluding carboxylic acids is 5. The predicted octanol–water partition coefficient (Wildman–Crippen LogP) is 7.33. The summed E-state index contributed by atoms with van der Waals surface area (Å²) in [5.41, 5.74) is 1.93. The van der Waals surface area contributed by atoms with Crippen molar-refractivity contribution in [2.75, 3.05) is 11.5 Å². The fourth-order valence-electron chi connectivity index (χ4n) is 6.06. The van der Waals surface area contributed by atoms with E-state index in [-0.39, 0.29) is 51.1 Å². The fourth-order valence-corrected chi connectivity index (χ4v) is 6.54. The Bertz CT molecular complexity index is 1840. The second-order valence-corrected chi connectivity index (χ2v) is 12.1. The molecule has 2 fully saturated rings. The molecule has 1 saturated carbocycles. The summed E-state index contributed by atoms with van der Waals surface area (Å²) in [5.74, 6) is -2.87. The molecule has 0 radical (unpaired) electrons. The number of anilines is 1. The van der Waals surface area contributed by atoms with E-state index in [1.165, 1.54) is 59.5 Å². The first-order valence-electron chi connectivity index (χ1n) is 14.7. The van der Waals surface area contributed by atoms with Crippen LogP contribution in [0.3, 0.4) is 0 Å². The summed E-state index contributed by atoms with van der Waals surface area (Å²) in [5, 5.41) is 0.523. The van der Waals surface area contributed by atoms with Gasteiger partial charge in [0.1, 0.15) is 5.75 Å². The molecular formula is C36H27Cl2NO7. The molecule has 6 rings (SSSR count). The zero-order valence-electron chi connectivity index (χ0n) is 24.4. The van der Waals surface area contributed by atoms with Gasteiger partial charge in [0.15, 0.2) is 12.4 Å². The number of nitrogens with zero attached hydrogens (tertiary/aromatic N) is 1. The summed E-state index contributed by atoms with van der Waals surface area (Å²) in [6, 6.07) is 26.3. The van der Waals surface area contributed by atoms with E-state index in [0.717, 1.165) is 12.0 Å². The van der Waals surface area contributed by atoms with Crippen molar-refractivity contribution in [3.8, 4) is 5.75 Å². The van der Waals surface area contributed by atoms with Crippen LogP contribution < -0.4 is 9.64 Å². The molecule has 46 heavy (non-hydrogen) atoms. The first-order chi connectivity index (χ1) is 22.2. The van der Waals surface area contributed by atoms with E-state index >= 15 is 0 Å². The van der Waals surface area contributed by atoms with Crippen LogP contribution in [0.2, 0.25) is 10.0 Å². The van der Waals surface area contributed by atoms with Crippen LogP contribution in [0.1, 0.15) is 61.8 Å². The molecule has 1 heterocycles. The Balaban J connectivity index is 1.06. The molecule has 0 bridgehead atoms. The number of esters is 2. The van der Waals surface area contributed by atoms with Gasteiger partial charge in [-0.2, -0.15) is 0 Å². The van der Waals surface area contributed by atoms with E-state index < -0.39 is 30.2 Å². The van der Waals surface area contributed by atoms with Gasteiger partial charge in [0.25, 0.3) is 0 Å². The fraction of sp³-hybridized carbons (Fsp3) is 0.194. The average molecular weight is 657 g/mol. The van der Waals surface area contributed by atoms with Crippen LogP contribution in [-0.4, -0.2) is 36.1 Å². The van der Waals surface area contributed by atoms with Crippen LogP contribution in [0, 0.1) is 11.8 Å². The molecule has 3 unspecified atom stereocenters. The normalized spacial score (nSPS) is 19.0. The maximum Gasteiger partial charge on any atom is 0.345 e. The van der Waals surface area contributed by atoms with Gasteiger partial charge in [-0.15, -0.1) is 0 Å². The Morgan fingerprint density at radius 2 is 1.48 bits per heavy atom. The third-order valence-corrected chi connectivity index (χ3v) is 8.96.